The van der Waals surface area contributed by atoms with E-state index >= 15 is 0 Å². The third-order valence-electron chi connectivity index (χ3n) is 4.03. The van der Waals surface area contributed by atoms with E-state index in [4.69, 9.17) is 16.3 Å². The van der Waals surface area contributed by atoms with Crippen LogP contribution in [0.25, 0.3) is 0 Å². The van der Waals surface area contributed by atoms with Crippen molar-refractivity contribution in [3.63, 3.8) is 0 Å². The number of hydrogen-bond donors (Lipinski definition) is 1. The van der Waals surface area contributed by atoms with Crippen LogP contribution in [0.3, 0.4) is 0 Å². The molecule has 0 atom stereocenters. The van der Waals surface area contributed by atoms with Gasteiger partial charge in [0.2, 0.25) is 5.91 Å². The summed E-state index contributed by atoms with van der Waals surface area (Å²) in [6.45, 7) is 2.90. The Morgan fingerprint density at radius 3 is 2.39 bits per heavy atom. The Morgan fingerprint density at radius 1 is 1.14 bits per heavy atom. The van der Waals surface area contributed by atoms with Crippen LogP contribution >= 0.6 is 11.6 Å². The molecule has 6 nitrogen and oxygen atoms in total. The number of benzene rings is 2. The second-order valence-corrected chi connectivity index (χ2v) is 6.70. The van der Waals surface area contributed by atoms with Gasteiger partial charge in [0.25, 0.3) is 5.91 Å². The number of carbonyl (C=O) groups excluding carboxylic acids is 3. The molecule has 0 aliphatic carbocycles. The van der Waals surface area contributed by atoms with Crippen molar-refractivity contribution in [3.05, 3.63) is 63.9 Å². The highest BCUT2D eigenvalue weighted by molar-refractivity contribution is 6.30. The van der Waals surface area contributed by atoms with E-state index in [1.807, 2.05) is 32.0 Å². The molecule has 28 heavy (non-hydrogen) atoms. The number of anilines is 1. The lowest BCUT2D eigenvalue weighted by atomic mass is 10.1. The van der Waals surface area contributed by atoms with Crippen molar-refractivity contribution in [1.82, 2.24) is 4.90 Å². The van der Waals surface area contributed by atoms with Gasteiger partial charge in [0.15, 0.2) is 6.61 Å². The van der Waals surface area contributed by atoms with Crippen molar-refractivity contribution in [3.8, 4) is 0 Å². The molecule has 0 aliphatic heterocycles. The summed E-state index contributed by atoms with van der Waals surface area (Å²) in [5, 5.41) is 2.90. The molecule has 0 aromatic heterocycles. The zero-order valence-electron chi connectivity index (χ0n) is 15.7. The molecule has 0 saturated carbocycles. The second kappa shape index (κ2) is 9.32. The van der Waals surface area contributed by atoms with Gasteiger partial charge < -0.3 is 15.0 Å². The Bertz CT molecular complexity index is 897. The summed E-state index contributed by atoms with van der Waals surface area (Å²) in [4.78, 5) is 37.3. The van der Waals surface area contributed by atoms with Gasteiger partial charge in [-0.3, -0.25) is 9.59 Å². The number of para-hydroxylation sites is 1. The minimum atomic E-state index is -0.990. The van der Waals surface area contributed by atoms with Gasteiger partial charge in [0, 0.05) is 17.8 Å². The molecule has 2 aromatic carbocycles. The van der Waals surface area contributed by atoms with E-state index in [0.29, 0.717) is 5.69 Å². The zero-order valence-corrected chi connectivity index (χ0v) is 16.5. The first-order valence-electron chi connectivity index (χ1n) is 8.41. The number of nitrogens with one attached hydrogen (secondary N) is 1. The van der Waals surface area contributed by atoms with Crippen LogP contribution < -0.4 is 5.32 Å². The summed E-state index contributed by atoms with van der Waals surface area (Å²) in [6, 6.07) is 9.11. The first kappa shape index (κ1) is 21.4. The van der Waals surface area contributed by atoms with Crippen LogP contribution in [-0.4, -0.2) is 42.9 Å². The van der Waals surface area contributed by atoms with Crippen molar-refractivity contribution in [2.45, 2.75) is 13.8 Å². The highest BCUT2D eigenvalue weighted by Crippen LogP contribution is 2.19. The number of carbonyl (C=O) groups is 3. The topological polar surface area (TPSA) is 75.7 Å². The van der Waals surface area contributed by atoms with E-state index in [0.717, 1.165) is 22.1 Å². The summed E-state index contributed by atoms with van der Waals surface area (Å²) in [6.07, 6.45) is 0. The quantitative estimate of drug-likeness (QED) is 0.746. The van der Waals surface area contributed by atoms with Crippen molar-refractivity contribution in [2.24, 2.45) is 0 Å². The largest absolute Gasteiger partial charge is 0.452 e. The Labute approximate surface area is 167 Å². The van der Waals surface area contributed by atoms with Crippen LogP contribution in [0.15, 0.2) is 36.4 Å². The second-order valence-electron chi connectivity index (χ2n) is 6.27. The van der Waals surface area contributed by atoms with Crippen molar-refractivity contribution >= 4 is 35.1 Å². The van der Waals surface area contributed by atoms with Gasteiger partial charge in [-0.2, -0.15) is 0 Å². The molecule has 2 aromatic rings. The van der Waals surface area contributed by atoms with Crippen LogP contribution in [0, 0.1) is 19.7 Å². The standard InChI is InChI=1S/C20H20ClFN2O4/c1-12-5-4-6-13(2)19(12)23-17(25)10-24(3)18(26)11-28-20(27)15-8-7-14(21)9-16(15)22/h4-9H,10-11H2,1-3H3,(H,23,25). The lowest BCUT2D eigenvalue weighted by Crippen LogP contribution is -2.37. The third-order valence-corrected chi connectivity index (χ3v) is 4.26. The molecule has 0 heterocycles. The molecule has 2 amide bonds. The first-order valence-corrected chi connectivity index (χ1v) is 8.79. The summed E-state index contributed by atoms with van der Waals surface area (Å²) in [5.41, 5.74) is 2.17. The van der Waals surface area contributed by atoms with Crippen molar-refractivity contribution in [2.75, 3.05) is 25.5 Å². The number of esters is 1. The molecule has 0 fully saturated rings. The maximum atomic E-state index is 13.7. The molecule has 8 heteroatoms. The van der Waals surface area contributed by atoms with E-state index in [9.17, 15) is 18.8 Å². The number of ether oxygens (including phenoxy) is 1. The molecule has 148 valence electrons. The lowest BCUT2D eigenvalue weighted by molar-refractivity contribution is -0.136. The van der Waals surface area contributed by atoms with E-state index in [2.05, 4.69) is 5.32 Å². The fourth-order valence-electron chi connectivity index (χ4n) is 2.46. The summed E-state index contributed by atoms with van der Waals surface area (Å²) in [5.74, 6) is -2.81. The Hall–Kier alpha value is -2.93. The number of hydrogen-bond acceptors (Lipinski definition) is 4. The van der Waals surface area contributed by atoms with Gasteiger partial charge in [0.1, 0.15) is 5.82 Å². The molecule has 0 bridgehead atoms. The molecular weight excluding hydrogens is 387 g/mol. The van der Waals surface area contributed by atoms with Crippen LogP contribution in [0.5, 0.6) is 0 Å². The minimum absolute atomic E-state index is 0.139. The first-order chi connectivity index (χ1) is 13.2. The van der Waals surface area contributed by atoms with Gasteiger partial charge >= 0.3 is 5.97 Å². The van der Waals surface area contributed by atoms with E-state index < -0.39 is 24.3 Å². The molecule has 0 radical (unpaired) electrons. The summed E-state index contributed by atoms with van der Waals surface area (Å²) < 4.78 is 18.5. The van der Waals surface area contributed by atoms with Crippen LogP contribution in [0.1, 0.15) is 21.5 Å². The summed E-state index contributed by atoms with van der Waals surface area (Å²) >= 11 is 5.63. The summed E-state index contributed by atoms with van der Waals surface area (Å²) in [7, 11) is 1.41. The van der Waals surface area contributed by atoms with Crippen molar-refractivity contribution < 1.29 is 23.5 Å². The number of halogens is 2. The monoisotopic (exact) mass is 406 g/mol. The van der Waals surface area contributed by atoms with Crippen LogP contribution in [-0.2, 0) is 14.3 Å². The predicted molar refractivity (Wildman–Crippen MR) is 104 cm³/mol. The van der Waals surface area contributed by atoms with Gasteiger partial charge in [-0.25, -0.2) is 9.18 Å². The normalized spacial score (nSPS) is 10.3. The molecule has 0 spiro atoms. The van der Waals surface area contributed by atoms with Gasteiger partial charge in [-0.05, 0) is 43.2 Å². The molecular formula is C20H20ClFN2O4. The van der Waals surface area contributed by atoms with Crippen LogP contribution in [0.4, 0.5) is 10.1 Å². The number of aryl methyl sites for hydroxylation is 2. The molecule has 0 unspecified atom stereocenters. The molecule has 0 aliphatic rings. The SMILES string of the molecule is Cc1cccc(C)c1NC(=O)CN(C)C(=O)COC(=O)c1ccc(Cl)cc1F. The average Bonchev–Trinajstić information content (AvgIpc) is 2.62. The van der Waals surface area contributed by atoms with Gasteiger partial charge in [-0.1, -0.05) is 29.8 Å². The minimum Gasteiger partial charge on any atom is -0.452 e. The average molecular weight is 407 g/mol. The van der Waals surface area contributed by atoms with E-state index in [1.54, 1.807) is 0 Å². The zero-order chi connectivity index (χ0) is 20.8. The highest BCUT2D eigenvalue weighted by Gasteiger charge is 2.18. The van der Waals surface area contributed by atoms with Crippen molar-refractivity contribution in [1.29, 1.82) is 0 Å². The molecule has 1 N–H and O–H groups in total. The van der Waals surface area contributed by atoms with E-state index in [1.165, 1.54) is 19.2 Å². The van der Waals surface area contributed by atoms with Gasteiger partial charge in [-0.15, -0.1) is 0 Å². The van der Waals surface area contributed by atoms with E-state index in [-0.39, 0.29) is 23.0 Å². The lowest BCUT2D eigenvalue weighted by Gasteiger charge is -2.18. The van der Waals surface area contributed by atoms with Gasteiger partial charge in [0.05, 0.1) is 12.1 Å². The molecule has 0 saturated heterocycles. The molecule has 2 rings (SSSR count). The maximum Gasteiger partial charge on any atom is 0.341 e. The highest BCUT2D eigenvalue weighted by atomic mass is 35.5. The Balaban J connectivity index is 1.88. The third kappa shape index (κ3) is 5.53. The fourth-order valence-corrected chi connectivity index (χ4v) is 2.62. The Kier molecular flexibility index (Phi) is 7.12. The fraction of sp³-hybridized carbons (Fsp3) is 0.250. The number of amides is 2. The number of likely N-dealkylation sites (N-methyl/N-ethyl adjacent to an activating group) is 1. The number of nitrogens with zero attached hydrogens (tertiary/aromatic N) is 1. The maximum absolute atomic E-state index is 13.7. The number of rotatable bonds is 6. The van der Waals surface area contributed by atoms with Crippen LogP contribution in [0.2, 0.25) is 5.02 Å². The smallest absolute Gasteiger partial charge is 0.341 e. The Morgan fingerprint density at radius 2 is 1.79 bits per heavy atom. The predicted octanol–water partition coefficient (Wildman–Crippen LogP) is 3.35.